The highest BCUT2D eigenvalue weighted by atomic mass is 32.2. The molecule has 21 heavy (non-hydrogen) atoms. The van der Waals surface area contributed by atoms with Crippen LogP contribution in [-0.4, -0.2) is 24.6 Å². The van der Waals surface area contributed by atoms with Crippen molar-refractivity contribution in [1.29, 1.82) is 0 Å². The van der Waals surface area contributed by atoms with Crippen LogP contribution in [0.3, 0.4) is 0 Å². The Hall–Kier alpha value is -2.27. The van der Waals surface area contributed by atoms with Gasteiger partial charge in [0.1, 0.15) is 5.75 Å². The van der Waals surface area contributed by atoms with E-state index in [1.165, 1.54) is 11.8 Å². The van der Waals surface area contributed by atoms with Crippen LogP contribution >= 0.6 is 11.8 Å². The molecule has 0 bridgehead atoms. The topological polar surface area (TPSA) is 55.4 Å². The largest absolute Gasteiger partial charge is 0.482 e. The molecule has 1 amide bonds. The molecule has 0 aromatic heterocycles. The van der Waals surface area contributed by atoms with Crippen LogP contribution in [0.5, 0.6) is 5.75 Å². The van der Waals surface area contributed by atoms with E-state index < -0.39 is 0 Å². The van der Waals surface area contributed by atoms with Crippen molar-refractivity contribution in [3.8, 4) is 5.75 Å². The zero-order valence-electron chi connectivity index (χ0n) is 11.4. The molecule has 0 spiro atoms. The maximum absolute atomic E-state index is 12.6. The molecular weight excluding hydrogens is 286 g/mol. The second-order valence-corrected chi connectivity index (χ2v) is 5.43. The Labute approximate surface area is 126 Å². The average molecular weight is 299 g/mol. The van der Waals surface area contributed by atoms with Crippen LogP contribution in [0.2, 0.25) is 0 Å². The van der Waals surface area contributed by atoms with Crippen molar-refractivity contribution >= 4 is 29.1 Å². The summed E-state index contributed by atoms with van der Waals surface area (Å²) < 4.78 is 5.29. The molecule has 3 rings (SSSR count). The predicted molar refractivity (Wildman–Crippen MR) is 82.2 cm³/mol. The molecule has 5 heteroatoms. The normalized spacial score (nSPS) is 13.1. The van der Waals surface area contributed by atoms with Gasteiger partial charge >= 0.3 is 0 Å². The zero-order chi connectivity index (χ0) is 14.8. The molecule has 0 atom stereocenters. The number of fused-ring (bicyclic) bond motifs is 1. The molecule has 2 aromatic carbocycles. The minimum atomic E-state index is -0.211. The molecule has 4 nitrogen and oxygen atoms in total. The summed E-state index contributed by atoms with van der Waals surface area (Å²) in [5.41, 5.74) is 1.73. The zero-order valence-corrected chi connectivity index (χ0v) is 12.2. The van der Waals surface area contributed by atoms with E-state index >= 15 is 0 Å². The number of amides is 1. The molecular formula is C16H13NO3S. The highest BCUT2D eigenvalue weighted by Crippen LogP contribution is 2.30. The fourth-order valence-corrected chi connectivity index (χ4v) is 2.81. The first-order chi connectivity index (χ1) is 10.2. The van der Waals surface area contributed by atoms with E-state index in [9.17, 15) is 9.59 Å². The molecule has 1 heterocycles. The summed E-state index contributed by atoms with van der Waals surface area (Å²) in [7, 11) is 0. The Morgan fingerprint density at radius 1 is 1.24 bits per heavy atom. The first-order valence-corrected chi connectivity index (χ1v) is 7.66. The number of hydrogen-bond acceptors (Lipinski definition) is 4. The Bertz CT molecular complexity index is 727. The van der Waals surface area contributed by atoms with Gasteiger partial charge in [0.25, 0.3) is 5.91 Å². The van der Waals surface area contributed by atoms with E-state index in [0.29, 0.717) is 22.6 Å². The first kappa shape index (κ1) is 13.7. The third kappa shape index (κ3) is 2.64. The van der Waals surface area contributed by atoms with E-state index in [1.54, 1.807) is 18.2 Å². The van der Waals surface area contributed by atoms with Crippen LogP contribution in [0.4, 0.5) is 5.69 Å². The van der Waals surface area contributed by atoms with E-state index in [1.807, 2.05) is 30.5 Å². The number of rotatable bonds is 3. The monoisotopic (exact) mass is 299 g/mol. The quantitative estimate of drug-likeness (QED) is 0.699. The van der Waals surface area contributed by atoms with Crippen LogP contribution in [0, 0.1) is 0 Å². The number of thioether (sulfide) groups is 1. The van der Waals surface area contributed by atoms with E-state index in [0.717, 1.165) is 4.90 Å². The SMILES string of the molecule is CSc1ccccc1C(=O)c1ccc2c(c1)NC(=O)CO2. The van der Waals surface area contributed by atoms with Crippen molar-refractivity contribution in [1.82, 2.24) is 0 Å². The number of hydrogen-bond donors (Lipinski definition) is 1. The van der Waals surface area contributed by atoms with E-state index in [4.69, 9.17) is 4.74 Å². The molecule has 0 saturated heterocycles. The molecule has 1 aliphatic heterocycles. The van der Waals surface area contributed by atoms with Gasteiger partial charge in [-0.05, 0) is 36.6 Å². The Balaban J connectivity index is 1.99. The van der Waals surface area contributed by atoms with Crippen molar-refractivity contribution in [2.24, 2.45) is 0 Å². The average Bonchev–Trinajstić information content (AvgIpc) is 2.53. The highest BCUT2D eigenvalue weighted by Gasteiger charge is 2.19. The molecule has 0 fully saturated rings. The Morgan fingerprint density at radius 2 is 2.05 bits per heavy atom. The summed E-state index contributed by atoms with van der Waals surface area (Å²) in [5.74, 6) is 0.309. The van der Waals surface area contributed by atoms with Crippen molar-refractivity contribution < 1.29 is 14.3 Å². The minimum Gasteiger partial charge on any atom is -0.482 e. The molecule has 0 saturated carbocycles. The molecule has 0 aliphatic carbocycles. The molecule has 0 radical (unpaired) electrons. The number of carbonyl (C=O) groups excluding carboxylic acids is 2. The van der Waals surface area contributed by atoms with Crippen LogP contribution < -0.4 is 10.1 Å². The van der Waals surface area contributed by atoms with Crippen LogP contribution in [0.1, 0.15) is 15.9 Å². The number of ether oxygens (including phenoxy) is 1. The van der Waals surface area contributed by atoms with Crippen LogP contribution in [0.25, 0.3) is 0 Å². The maximum Gasteiger partial charge on any atom is 0.262 e. The lowest BCUT2D eigenvalue weighted by atomic mass is 10.0. The fourth-order valence-electron chi connectivity index (χ4n) is 2.21. The summed E-state index contributed by atoms with van der Waals surface area (Å²) >= 11 is 1.53. The van der Waals surface area contributed by atoms with Crippen LogP contribution in [0.15, 0.2) is 47.4 Å². The van der Waals surface area contributed by atoms with Gasteiger partial charge in [-0.15, -0.1) is 11.8 Å². The van der Waals surface area contributed by atoms with Gasteiger partial charge in [-0.1, -0.05) is 12.1 Å². The molecule has 0 unspecified atom stereocenters. The van der Waals surface area contributed by atoms with Crippen molar-refractivity contribution in [3.63, 3.8) is 0 Å². The van der Waals surface area contributed by atoms with Gasteiger partial charge < -0.3 is 10.1 Å². The fraction of sp³-hybridized carbons (Fsp3) is 0.125. The Morgan fingerprint density at radius 3 is 2.86 bits per heavy atom. The van der Waals surface area contributed by atoms with Crippen LogP contribution in [-0.2, 0) is 4.79 Å². The van der Waals surface area contributed by atoms with Crippen molar-refractivity contribution in [2.45, 2.75) is 4.90 Å². The Kier molecular flexibility index (Phi) is 3.66. The summed E-state index contributed by atoms with van der Waals surface area (Å²) in [6.07, 6.45) is 1.94. The van der Waals surface area contributed by atoms with Gasteiger partial charge in [0.05, 0.1) is 5.69 Å². The van der Waals surface area contributed by atoms with Crippen molar-refractivity contribution in [3.05, 3.63) is 53.6 Å². The number of ketones is 1. The number of carbonyl (C=O) groups is 2. The highest BCUT2D eigenvalue weighted by molar-refractivity contribution is 7.98. The molecule has 2 aromatic rings. The lowest BCUT2D eigenvalue weighted by Crippen LogP contribution is -2.25. The first-order valence-electron chi connectivity index (χ1n) is 6.43. The number of nitrogens with one attached hydrogen (secondary N) is 1. The summed E-state index contributed by atoms with van der Waals surface area (Å²) in [6, 6.07) is 12.6. The lowest BCUT2D eigenvalue weighted by Gasteiger charge is -2.18. The molecule has 1 aliphatic rings. The summed E-state index contributed by atoms with van der Waals surface area (Å²) in [5, 5.41) is 2.71. The third-order valence-corrected chi connectivity index (χ3v) is 4.02. The summed E-state index contributed by atoms with van der Waals surface area (Å²) in [6.45, 7) is 0.00953. The van der Waals surface area contributed by atoms with Gasteiger partial charge in [0, 0.05) is 16.0 Å². The number of anilines is 1. The smallest absolute Gasteiger partial charge is 0.262 e. The van der Waals surface area contributed by atoms with E-state index in [-0.39, 0.29) is 18.3 Å². The van der Waals surface area contributed by atoms with Gasteiger partial charge in [-0.25, -0.2) is 0 Å². The number of benzene rings is 2. The molecule has 106 valence electrons. The lowest BCUT2D eigenvalue weighted by molar-refractivity contribution is -0.118. The van der Waals surface area contributed by atoms with Gasteiger partial charge in [0.15, 0.2) is 12.4 Å². The van der Waals surface area contributed by atoms with Gasteiger partial charge in [0.2, 0.25) is 0 Å². The van der Waals surface area contributed by atoms with Gasteiger partial charge in [-0.2, -0.15) is 0 Å². The van der Waals surface area contributed by atoms with Crippen molar-refractivity contribution in [2.75, 3.05) is 18.2 Å². The standard InChI is InChI=1S/C16H13NO3S/c1-21-14-5-3-2-4-11(14)16(19)10-6-7-13-12(8-10)17-15(18)9-20-13/h2-8H,9H2,1H3,(H,17,18). The summed E-state index contributed by atoms with van der Waals surface area (Å²) in [4.78, 5) is 24.9. The molecule has 1 N–H and O–H groups in total. The second kappa shape index (κ2) is 5.61. The third-order valence-electron chi connectivity index (χ3n) is 3.23. The second-order valence-electron chi connectivity index (χ2n) is 4.58. The minimum absolute atomic E-state index is 0.00953. The van der Waals surface area contributed by atoms with E-state index in [2.05, 4.69) is 5.32 Å². The maximum atomic E-state index is 12.6. The predicted octanol–water partition coefficient (Wildman–Crippen LogP) is 2.97. The van der Waals surface area contributed by atoms with Gasteiger partial charge in [-0.3, -0.25) is 9.59 Å².